The molecule has 0 bridgehead atoms. The van der Waals surface area contributed by atoms with E-state index in [2.05, 4.69) is 0 Å². The molecule has 4 heteroatoms. The van der Waals surface area contributed by atoms with Gasteiger partial charge in [0.25, 0.3) is 0 Å². The summed E-state index contributed by atoms with van der Waals surface area (Å²) in [5, 5.41) is 0. The number of benzene rings is 1. The summed E-state index contributed by atoms with van der Waals surface area (Å²) in [7, 11) is 1.64. The van der Waals surface area contributed by atoms with Crippen LogP contribution >= 0.6 is 12.4 Å². The molecule has 1 atom stereocenters. The van der Waals surface area contributed by atoms with Gasteiger partial charge in [0.1, 0.15) is 11.5 Å². The highest BCUT2D eigenvalue weighted by atomic mass is 35.5. The summed E-state index contributed by atoms with van der Waals surface area (Å²) in [5.41, 5.74) is 6.79. The van der Waals surface area contributed by atoms with Gasteiger partial charge in [-0.25, -0.2) is 0 Å². The molecule has 1 aromatic carbocycles. The van der Waals surface area contributed by atoms with E-state index in [4.69, 9.17) is 15.2 Å². The van der Waals surface area contributed by atoms with Gasteiger partial charge in [-0.3, -0.25) is 0 Å². The highest BCUT2D eigenvalue weighted by molar-refractivity contribution is 5.85. The zero-order chi connectivity index (χ0) is 10.6. The minimum Gasteiger partial charge on any atom is -0.496 e. The van der Waals surface area contributed by atoms with E-state index in [1.165, 1.54) is 0 Å². The van der Waals surface area contributed by atoms with Crippen LogP contribution < -0.4 is 15.2 Å². The van der Waals surface area contributed by atoms with Gasteiger partial charge in [0.05, 0.1) is 13.7 Å². The van der Waals surface area contributed by atoms with Crippen molar-refractivity contribution in [2.24, 2.45) is 5.73 Å². The molecule has 1 aromatic rings. The second kappa shape index (κ2) is 6.53. The molecule has 0 saturated carbocycles. The van der Waals surface area contributed by atoms with Crippen LogP contribution in [0.1, 0.15) is 25.5 Å². The van der Waals surface area contributed by atoms with Crippen LogP contribution in [0, 0.1) is 0 Å². The number of hydrogen-bond donors (Lipinski definition) is 1. The lowest BCUT2D eigenvalue weighted by Crippen LogP contribution is -2.07. The minimum absolute atomic E-state index is 0. The lowest BCUT2D eigenvalue weighted by molar-refractivity contribution is 0.335. The van der Waals surface area contributed by atoms with Crippen LogP contribution in [-0.2, 0) is 0 Å². The van der Waals surface area contributed by atoms with E-state index < -0.39 is 0 Å². The fourth-order valence-corrected chi connectivity index (χ4v) is 1.32. The van der Waals surface area contributed by atoms with Gasteiger partial charge >= 0.3 is 0 Å². The van der Waals surface area contributed by atoms with Crippen molar-refractivity contribution < 1.29 is 9.47 Å². The van der Waals surface area contributed by atoms with Crippen LogP contribution in [-0.4, -0.2) is 13.7 Å². The molecular weight excluding hydrogens is 214 g/mol. The Hall–Kier alpha value is -0.930. The lowest BCUT2D eigenvalue weighted by Gasteiger charge is -2.13. The third-order valence-electron chi connectivity index (χ3n) is 2.01. The third kappa shape index (κ3) is 3.61. The van der Waals surface area contributed by atoms with E-state index in [9.17, 15) is 0 Å². The predicted octanol–water partition coefficient (Wildman–Crippen LogP) is 2.54. The summed E-state index contributed by atoms with van der Waals surface area (Å²) in [6.07, 6.45) is 0. The largest absolute Gasteiger partial charge is 0.496 e. The van der Waals surface area contributed by atoms with E-state index in [1.807, 2.05) is 32.0 Å². The van der Waals surface area contributed by atoms with E-state index in [0.717, 1.165) is 17.1 Å². The molecule has 2 N–H and O–H groups in total. The average Bonchev–Trinajstić information content (AvgIpc) is 2.17. The van der Waals surface area contributed by atoms with Crippen LogP contribution in [0.2, 0.25) is 0 Å². The minimum atomic E-state index is -0.0272. The molecule has 0 spiro atoms. The van der Waals surface area contributed by atoms with Crippen LogP contribution in [0.3, 0.4) is 0 Å². The summed E-state index contributed by atoms with van der Waals surface area (Å²) >= 11 is 0. The first-order valence-corrected chi connectivity index (χ1v) is 4.75. The summed E-state index contributed by atoms with van der Waals surface area (Å²) in [5.74, 6) is 1.60. The molecule has 0 saturated heterocycles. The normalized spacial score (nSPS) is 11.5. The molecular formula is C11H18ClNO2. The van der Waals surface area contributed by atoms with Gasteiger partial charge in [-0.2, -0.15) is 0 Å². The first-order chi connectivity index (χ1) is 6.69. The molecule has 0 unspecified atom stereocenters. The van der Waals surface area contributed by atoms with Crippen LogP contribution in [0.25, 0.3) is 0 Å². The third-order valence-corrected chi connectivity index (χ3v) is 2.01. The van der Waals surface area contributed by atoms with Gasteiger partial charge in [0, 0.05) is 17.7 Å². The standard InChI is InChI=1S/C11H17NO2.ClH/c1-4-14-9-5-6-10(8(2)12)11(7-9)13-3;/h5-8H,4,12H2,1-3H3;1H/t8-;/m1./s1. The number of ether oxygens (including phenoxy) is 2. The van der Waals surface area contributed by atoms with Crippen LogP contribution in [0.15, 0.2) is 18.2 Å². The van der Waals surface area contributed by atoms with Crippen molar-refractivity contribution in [3.05, 3.63) is 23.8 Å². The smallest absolute Gasteiger partial charge is 0.127 e. The molecule has 0 aliphatic rings. The molecule has 0 aromatic heterocycles. The highest BCUT2D eigenvalue weighted by Crippen LogP contribution is 2.28. The van der Waals surface area contributed by atoms with Gasteiger partial charge in [0.2, 0.25) is 0 Å². The maximum atomic E-state index is 5.79. The fourth-order valence-electron chi connectivity index (χ4n) is 1.32. The van der Waals surface area contributed by atoms with Gasteiger partial charge in [0.15, 0.2) is 0 Å². The maximum Gasteiger partial charge on any atom is 0.127 e. The first-order valence-electron chi connectivity index (χ1n) is 4.75. The Morgan fingerprint density at radius 1 is 1.40 bits per heavy atom. The summed E-state index contributed by atoms with van der Waals surface area (Å²) in [6, 6.07) is 5.68. The molecule has 0 heterocycles. The Kier molecular flexibility index (Phi) is 6.13. The van der Waals surface area contributed by atoms with Crippen molar-refractivity contribution in [1.82, 2.24) is 0 Å². The summed E-state index contributed by atoms with van der Waals surface area (Å²) in [4.78, 5) is 0. The Bertz CT molecular complexity index is 303. The van der Waals surface area contributed by atoms with Crippen molar-refractivity contribution in [2.45, 2.75) is 19.9 Å². The zero-order valence-corrected chi connectivity index (χ0v) is 10.1. The molecule has 1 rings (SSSR count). The number of nitrogens with two attached hydrogens (primary N) is 1. The van der Waals surface area contributed by atoms with Gasteiger partial charge in [-0.05, 0) is 19.9 Å². The summed E-state index contributed by atoms with van der Waals surface area (Å²) < 4.78 is 10.6. The SMILES string of the molecule is CCOc1ccc([C@@H](C)N)c(OC)c1.Cl. The number of halogens is 1. The second-order valence-corrected chi connectivity index (χ2v) is 3.13. The first kappa shape index (κ1) is 14.1. The maximum absolute atomic E-state index is 5.79. The average molecular weight is 232 g/mol. The molecule has 15 heavy (non-hydrogen) atoms. The quantitative estimate of drug-likeness (QED) is 0.866. The Balaban J connectivity index is 0.00000196. The highest BCUT2D eigenvalue weighted by Gasteiger charge is 2.08. The van der Waals surface area contributed by atoms with Crippen molar-refractivity contribution in [2.75, 3.05) is 13.7 Å². The van der Waals surface area contributed by atoms with Crippen molar-refractivity contribution in [3.8, 4) is 11.5 Å². The monoisotopic (exact) mass is 231 g/mol. The molecule has 0 amide bonds. The molecule has 0 aliphatic heterocycles. The Morgan fingerprint density at radius 3 is 2.53 bits per heavy atom. The van der Waals surface area contributed by atoms with Crippen molar-refractivity contribution >= 4 is 12.4 Å². The lowest BCUT2D eigenvalue weighted by atomic mass is 10.1. The van der Waals surface area contributed by atoms with Crippen LogP contribution in [0.5, 0.6) is 11.5 Å². The van der Waals surface area contributed by atoms with Crippen molar-refractivity contribution in [1.29, 1.82) is 0 Å². The molecule has 0 fully saturated rings. The zero-order valence-electron chi connectivity index (χ0n) is 9.32. The fraction of sp³-hybridized carbons (Fsp3) is 0.455. The van der Waals surface area contributed by atoms with Gasteiger partial charge in [-0.15, -0.1) is 12.4 Å². The summed E-state index contributed by atoms with van der Waals surface area (Å²) in [6.45, 7) is 4.53. The van der Waals surface area contributed by atoms with Crippen molar-refractivity contribution in [3.63, 3.8) is 0 Å². The number of methoxy groups -OCH3 is 1. The van der Waals surface area contributed by atoms with Gasteiger partial charge < -0.3 is 15.2 Å². The topological polar surface area (TPSA) is 44.5 Å². The molecule has 0 aliphatic carbocycles. The molecule has 3 nitrogen and oxygen atoms in total. The van der Waals surface area contributed by atoms with E-state index in [-0.39, 0.29) is 18.4 Å². The van der Waals surface area contributed by atoms with Crippen LogP contribution in [0.4, 0.5) is 0 Å². The molecule has 0 radical (unpaired) electrons. The second-order valence-electron chi connectivity index (χ2n) is 3.13. The van der Waals surface area contributed by atoms with Gasteiger partial charge in [-0.1, -0.05) is 6.07 Å². The van der Waals surface area contributed by atoms with E-state index >= 15 is 0 Å². The Labute approximate surface area is 97.0 Å². The number of rotatable bonds is 4. The molecule has 86 valence electrons. The van der Waals surface area contributed by atoms with E-state index in [0.29, 0.717) is 6.61 Å². The number of hydrogen-bond acceptors (Lipinski definition) is 3. The van der Waals surface area contributed by atoms with E-state index in [1.54, 1.807) is 7.11 Å². The Morgan fingerprint density at radius 2 is 2.07 bits per heavy atom. The predicted molar refractivity (Wildman–Crippen MR) is 64.0 cm³/mol.